The van der Waals surface area contributed by atoms with Gasteiger partial charge >= 0.3 is 0 Å². The van der Waals surface area contributed by atoms with Gasteiger partial charge in [-0.05, 0) is 48.5 Å². The summed E-state index contributed by atoms with van der Waals surface area (Å²) in [5.74, 6) is 0.000447. The van der Waals surface area contributed by atoms with E-state index in [0.29, 0.717) is 22.9 Å². The van der Waals surface area contributed by atoms with Crippen molar-refractivity contribution in [3.8, 4) is 17.2 Å². The lowest BCUT2D eigenvalue weighted by Gasteiger charge is -2.32. The average Bonchev–Trinajstić information content (AvgIpc) is 3.25. The van der Waals surface area contributed by atoms with Crippen LogP contribution in [0.25, 0.3) is 5.69 Å². The summed E-state index contributed by atoms with van der Waals surface area (Å²) in [5, 5.41) is 12.4. The van der Waals surface area contributed by atoms with Crippen LogP contribution in [0.15, 0.2) is 94.6 Å². The number of hydrogen-bond donors (Lipinski definition) is 3. The van der Waals surface area contributed by atoms with Crippen molar-refractivity contribution < 1.29 is 23.2 Å². The highest BCUT2D eigenvalue weighted by molar-refractivity contribution is 7.89. The number of carbonyl (C=O) groups excluding carboxylic acids is 1. The third-order valence-electron chi connectivity index (χ3n) is 5.93. The number of benzene rings is 3. The first kappa shape index (κ1) is 23.5. The molecule has 1 aliphatic rings. The zero-order valence-electron chi connectivity index (χ0n) is 18.9. The minimum absolute atomic E-state index is 0.0377. The minimum atomic E-state index is -4.23. The lowest BCUT2D eigenvalue weighted by atomic mass is 10.0. The van der Waals surface area contributed by atoms with Gasteiger partial charge in [-0.15, -0.1) is 0 Å². The van der Waals surface area contributed by atoms with E-state index in [0.717, 1.165) is 4.31 Å². The van der Waals surface area contributed by atoms with Crippen molar-refractivity contribution in [1.82, 2.24) is 19.6 Å². The third kappa shape index (κ3) is 4.19. The fourth-order valence-electron chi connectivity index (χ4n) is 4.24. The lowest BCUT2D eigenvalue weighted by Crippen LogP contribution is -2.48. The first-order valence-corrected chi connectivity index (χ1v) is 12.5. The van der Waals surface area contributed by atoms with Gasteiger partial charge in [-0.3, -0.25) is 19.9 Å². The summed E-state index contributed by atoms with van der Waals surface area (Å²) in [6.45, 7) is -0.0789. The summed E-state index contributed by atoms with van der Waals surface area (Å²) >= 11 is 0. The van der Waals surface area contributed by atoms with Crippen LogP contribution >= 0.6 is 0 Å². The average molecular weight is 507 g/mol. The normalized spacial score (nSPS) is 15.8. The zero-order valence-corrected chi connectivity index (χ0v) is 19.7. The highest BCUT2D eigenvalue weighted by Crippen LogP contribution is 2.33. The lowest BCUT2D eigenvalue weighted by molar-refractivity contribution is -0.133. The van der Waals surface area contributed by atoms with Gasteiger partial charge in [-0.1, -0.05) is 36.4 Å². The van der Waals surface area contributed by atoms with Gasteiger partial charge in [0.05, 0.1) is 16.1 Å². The second kappa shape index (κ2) is 9.46. The van der Waals surface area contributed by atoms with Crippen LogP contribution in [0.3, 0.4) is 0 Å². The first-order valence-electron chi connectivity index (χ1n) is 11.1. The number of rotatable bonds is 6. The molecule has 0 spiro atoms. The second-order valence-corrected chi connectivity index (χ2v) is 10.0. The van der Waals surface area contributed by atoms with Gasteiger partial charge in [-0.25, -0.2) is 18.6 Å². The maximum Gasteiger partial charge on any atom is 0.276 e. The fourth-order valence-corrected chi connectivity index (χ4v) is 5.80. The van der Waals surface area contributed by atoms with Gasteiger partial charge in [0.15, 0.2) is 0 Å². The van der Waals surface area contributed by atoms with Crippen molar-refractivity contribution in [2.75, 3.05) is 6.54 Å². The largest absolute Gasteiger partial charge is 0.457 e. The van der Waals surface area contributed by atoms with Crippen molar-refractivity contribution in [2.45, 2.75) is 17.4 Å². The van der Waals surface area contributed by atoms with Crippen molar-refractivity contribution in [1.29, 1.82) is 0 Å². The Bertz CT molecular complexity index is 1550. The molecule has 0 saturated carbocycles. The third-order valence-corrected chi connectivity index (χ3v) is 7.81. The topological polar surface area (TPSA) is 134 Å². The number of sulfonamides is 1. The van der Waals surface area contributed by atoms with E-state index in [9.17, 15) is 23.2 Å². The number of amides is 1. The monoisotopic (exact) mass is 506 g/mol. The predicted molar refractivity (Wildman–Crippen MR) is 130 cm³/mol. The summed E-state index contributed by atoms with van der Waals surface area (Å²) in [6.07, 6.45) is 0.175. The molecule has 1 unspecified atom stereocenters. The quantitative estimate of drug-likeness (QED) is 0.272. The summed E-state index contributed by atoms with van der Waals surface area (Å²) < 4.78 is 35.1. The van der Waals surface area contributed by atoms with Gasteiger partial charge in [0.2, 0.25) is 10.0 Å². The van der Waals surface area contributed by atoms with Crippen LogP contribution in [0.5, 0.6) is 11.5 Å². The van der Waals surface area contributed by atoms with Gasteiger partial charge in [0.1, 0.15) is 17.5 Å². The highest BCUT2D eigenvalue weighted by atomic mass is 32.2. The van der Waals surface area contributed by atoms with Gasteiger partial charge in [-0.2, -0.15) is 4.31 Å². The van der Waals surface area contributed by atoms with E-state index >= 15 is 0 Å². The van der Waals surface area contributed by atoms with Crippen LogP contribution in [-0.2, 0) is 21.2 Å². The molecule has 3 aromatic carbocycles. The molecule has 11 heteroatoms. The number of aromatic amines is 1. The van der Waals surface area contributed by atoms with Crippen LogP contribution in [0.1, 0.15) is 17.3 Å². The molecule has 1 amide bonds. The Hall–Kier alpha value is -4.19. The summed E-state index contributed by atoms with van der Waals surface area (Å²) in [4.78, 5) is 25.9. The van der Waals surface area contributed by atoms with Crippen LogP contribution in [-0.4, -0.2) is 40.2 Å². The van der Waals surface area contributed by atoms with Crippen molar-refractivity contribution in [3.63, 3.8) is 0 Å². The Kier molecular flexibility index (Phi) is 6.18. The minimum Gasteiger partial charge on any atom is -0.457 e. The van der Waals surface area contributed by atoms with E-state index in [1.807, 2.05) is 18.2 Å². The molecule has 0 aliphatic carbocycles. The molecule has 1 atom stereocenters. The first-order chi connectivity index (χ1) is 17.4. The molecular formula is C25H22N4O6S. The molecule has 0 bridgehead atoms. The highest BCUT2D eigenvalue weighted by Gasteiger charge is 2.43. The van der Waals surface area contributed by atoms with E-state index in [1.54, 1.807) is 42.5 Å². The number of nitrogens with one attached hydrogen (secondary N) is 2. The predicted octanol–water partition coefficient (Wildman–Crippen LogP) is 2.75. The van der Waals surface area contributed by atoms with Crippen molar-refractivity contribution in [3.05, 3.63) is 107 Å². The summed E-state index contributed by atoms with van der Waals surface area (Å²) in [7, 11) is -4.23. The fraction of sp³-hybridized carbons (Fsp3) is 0.120. The zero-order chi connectivity index (χ0) is 25.3. The van der Waals surface area contributed by atoms with Gasteiger partial charge in [0.25, 0.3) is 11.5 Å². The molecule has 36 heavy (non-hydrogen) atoms. The van der Waals surface area contributed by atoms with Crippen LogP contribution in [0.2, 0.25) is 0 Å². The molecule has 0 radical (unpaired) electrons. The molecule has 2 heterocycles. The van der Waals surface area contributed by atoms with E-state index in [4.69, 9.17) is 4.74 Å². The number of ether oxygens (including phenoxy) is 1. The Labute approximate surface area is 206 Å². The molecule has 184 valence electrons. The van der Waals surface area contributed by atoms with E-state index < -0.39 is 27.5 Å². The number of fused-ring (bicyclic) bond motifs is 1. The van der Waals surface area contributed by atoms with E-state index in [-0.39, 0.29) is 23.4 Å². The van der Waals surface area contributed by atoms with Crippen LogP contribution in [0.4, 0.5) is 0 Å². The van der Waals surface area contributed by atoms with E-state index in [1.165, 1.54) is 34.4 Å². The molecule has 0 saturated heterocycles. The standard InChI is InChI=1S/C25H22N4O6S/c30-24(27-32)23-22-21(26-29(25(22)31)17-7-3-1-4-8-17)15-16-28(23)36(33,34)20-13-11-19(12-14-20)35-18-9-5-2-6-10-18/h1-14,23,26,32H,15-16H2,(H,27,30). The van der Waals surface area contributed by atoms with E-state index in [2.05, 4.69) is 5.10 Å². The molecule has 0 fully saturated rings. The molecule has 1 aliphatic heterocycles. The molecule has 4 aromatic rings. The molecule has 10 nitrogen and oxygen atoms in total. The smallest absolute Gasteiger partial charge is 0.276 e. The Morgan fingerprint density at radius 2 is 1.56 bits per heavy atom. The number of carbonyl (C=O) groups is 1. The van der Waals surface area contributed by atoms with Gasteiger partial charge < -0.3 is 4.74 Å². The second-order valence-electron chi connectivity index (χ2n) is 8.11. The number of H-pyrrole nitrogens is 1. The number of nitrogens with zero attached hydrogens (tertiary/aromatic N) is 2. The summed E-state index contributed by atoms with van der Waals surface area (Å²) in [5.41, 5.74) is 1.86. The maximum atomic E-state index is 13.6. The van der Waals surface area contributed by atoms with Crippen LogP contribution < -0.4 is 15.8 Å². The molecule has 5 rings (SSSR count). The summed E-state index contributed by atoms with van der Waals surface area (Å²) in [6, 6.07) is 21.9. The van der Waals surface area contributed by atoms with Crippen LogP contribution in [0, 0.1) is 0 Å². The Morgan fingerprint density at radius 1 is 0.944 bits per heavy atom. The molecular weight excluding hydrogens is 484 g/mol. The Morgan fingerprint density at radius 3 is 2.19 bits per heavy atom. The molecule has 3 N–H and O–H groups in total. The number of para-hydroxylation sites is 2. The number of aromatic nitrogens is 2. The maximum absolute atomic E-state index is 13.6. The van der Waals surface area contributed by atoms with Gasteiger partial charge in [0, 0.05) is 18.7 Å². The number of hydroxylamine groups is 1. The van der Waals surface area contributed by atoms with Crippen molar-refractivity contribution in [2.24, 2.45) is 0 Å². The Balaban J connectivity index is 1.50. The number of hydrogen-bond acceptors (Lipinski definition) is 6. The van der Waals surface area contributed by atoms with Crippen molar-refractivity contribution >= 4 is 15.9 Å². The SMILES string of the molecule is O=C(NO)C1c2c([nH]n(-c3ccccc3)c2=O)CCN1S(=O)(=O)c1ccc(Oc2ccccc2)cc1. The molecule has 1 aromatic heterocycles.